The van der Waals surface area contributed by atoms with Crippen LogP contribution in [0.5, 0.6) is 0 Å². The molecular weight excluding hydrogens is 162 g/mol. The smallest absolute Gasteiger partial charge is 0.332 e. The second-order valence-electron chi connectivity index (χ2n) is 2.00. The van der Waals surface area contributed by atoms with E-state index >= 15 is 0 Å². The first kappa shape index (κ1) is 10.5. The molecule has 2 N–H and O–H groups in total. The summed E-state index contributed by atoms with van der Waals surface area (Å²) in [6.07, 6.45) is 0.933. The summed E-state index contributed by atoms with van der Waals surface area (Å²) >= 11 is 0. The second-order valence-corrected chi connectivity index (χ2v) is 2.00. The van der Waals surface area contributed by atoms with Gasteiger partial charge in [-0.3, -0.25) is 4.79 Å². The van der Waals surface area contributed by atoms with E-state index < -0.39 is 11.9 Å². The molecule has 0 radical (unpaired) electrons. The Morgan fingerprint density at radius 2 is 1.92 bits per heavy atom. The van der Waals surface area contributed by atoms with Crippen LogP contribution in [0, 0.1) is 0 Å². The first-order chi connectivity index (χ1) is 5.60. The van der Waals surface area contributed by atoms with Crippen LogP contribution < -0.4 is 5.73 Å². The molecule has 0 atom stereocenters. The summed E-state index contributed by atoms with van der Waals surface area (Å²) in [6.45, 7) is 0. The van der Waals surface area contributed by atoms with Crippen molar-refractivity contribution < 1.29 is 19.1 Å². The molecule has 5 heteroatoms. The highest BCUT2D eigenvalue weighted by atomic mass is 16.5. The first-order valence-electron chi connectivity index (χ1n) is 3.21. The average molecular weight is 173 g/mol. The fourth-order valence-corrected chi connectivity index (χ4v) is 0.500. The Balaban J connectivity index is 4.02. The predicted octanol–water partition coefficient (Wildman–Crippen LogP) is -0.435. The maximum absolute atomic E-state index is 10.6. The second kappa shape index (κ2) is 5.17. The van der Waals surface area contributed by atoms with Crippen LogP contribution in [0.3, 0.4) is 0 Å². The zero-order valence-electron chi connectivity index (χ0n) is 6.99. The highest BCUT2D eigenvalue weighted by Gasteiger charge is 2.03. The van der Waals surface area contributed by atoms with Gasteiger partial charge in [0.15, 0.2) is 0 Å². The number of hydrogen-bond donors (Lipinski definition) is 1. The number of esters is 2. The van der Waals surface area contributed by atoms with E-state index in [0.717, 1.165) is 6.08 Å². The highest BCUT2D eigenvalue weighted by molar-refractivity contribution is 5.84. The highest BCUT2D eigenvalue weighted by Crippen LogP contribution is 1.94. The van der Waals surface area contributed by atoms with Gasteiger partial charge in [0.2, 0.25) is 0 Å². The van der Waals surface area contributed by atoms with Gasteiger partial charge in [0.05, 0.1) is 20.6 Å². The minimum absolute atomic E-state index is 0.106. The van der Waals surface area contributed by atoms with Gasteiger partial charge in [0.1, 0.15) is 0 Å². The minimum atomic E-state index is -0.587. The SMILES string of the molecule is COC(=O)/C=C(/N)CC(=O)OC. The summed E-state index contributed by atoms with van der Waals surface area (Å²) in [7, 11) is 2.47. The summed E-state index contributed by atoms with van der Waals surface area (Å²) in [5.74, 6) is -1.08. The summed E-state index contributed by atoms with van der Waals surface area (Å²) in [5.41, 5.74) is 5.41. The molecule has 5 nitrogen and oxygen atoms in total. The maximum Gasteiger partial charge on any atom is 0.332 e. The van der Waals surface area contributed by atoms with Crippen molar-refractivity contribution in [1.29, 1.82) is 0 Å². The molecule has 0 fully saturated rings. The molecule has 0 amide bonds. The first-order valence-corrected chi connectivity index (χ1v) is 3.21. The van der Waals surface area contributed by atoms with E-state index in [-0.39, 0.29) is 12.1 Å². The number of hydrogen-bond acceptors (Lipinski definition) is 5. The van der Waals surface area contributed by atoms with Crippen LogP contribution in [0.4, 0.5) is 0 Å². The average Bonchev–Trinajstić information content (AvgIpc) is 2.03. The molecule has 0 heterocycles. The Bertz CT molecular complexity index is 209. The molecule has 0 saturated heterocycles. The normalized spacial score (nSPS) is 10.7. The van der Waals surface area contributed by atoms with Crippen molar-refractivity contribution in [2.75, 3.05) is 14.2 Å². The van der Waals surface area contributed by atoms with Crippen LogP contribution >= 0.6 is 0 Å². The summed E-state index contributed by atoms with van der Waals surface area (Å²) in [6, 6.07) is 0. The molecule has 0 aliphatic rings. The van der Waals surface area contributed by atoms with E-state index in [1.807, 2.05) is 0 Å². The zero-order chi connectivity index (χ0) is 9.56. The van der Waals surface area contributed by atoms with E-state index in [9.17, 15) is 9.59 Å². The summed E-state index contributed by atoms with van der Waals surface area (Å²) < 4.78 is 8.61. The lowest BCUT2D eigenvalue weighted by Crippen LogP contribution is -2.10. The van der Waals surface area contributed by atoms with Gasteiger partial charge in [0, 0.05) is 11.8 Å². The molecular formula is C7H11NO4. The zero-order valence-corrected chi connectivity index (χ0v) is 6.99. The number of nitrogens with two attached hydrogens (primary N) is 1. The fourth-order valence-electron chi connectivity index (χ4n) is 0.500. The van der Waals surface area contributed by atoms with Crippen molar-refractivity contribution in [3.63, 3.8) is 0 Å². The van der Waals surface area contributed by atoms with Gasteiger partial charge in [-0.2, -0.15) is 0 Å². The number of carbonyl (C=O) groups excluding carboxylic acids is 2. The number of carbonyl (C=O) groups is 2. The summed E-state index contributed by atoms with van der Waals surface area (Å²) in [4.78, 5) is 21.2. The van der Waals surface area contributed by atoms with Crippen LogP contribution in [-0.2, 0) is 19.1 Å². The van der Waals surface area contributed by atoms with Crippen molar-refractivity contribution >= 4 is 11.9 Å². The van der Waals surface area contributed by atoms with Crippen molar-refractivity contribution in [3.8, 4) is 0 Å². The van der Waals surface area contributed by atoms with Gasteiger partial charge < -0.3 is 15.2 Å². The summed E-state index contributed by atoms with van der Waals surface area (Å²) in [5, 5.41) is 0. The minimum Gasteiger partial charge on any atom is -0.469 e. The molecule has 0 unspecified atom stereocenters. The molecule has 0 bridgehead atoms. The topological polar surface area (TPSA) is 78.6 Å². The molecule has 68 valence electrons. The number of ether oxygens (including phenoxy) is 2. The van der Waals surface area contributed by atoms with Gasteiger partial charge >= 0.3 is 11.9 Å². The van der Waals surface area contributed by atoms with Crippen LogP contribution in [0.15, 0.2) is 11.8 Å². The van der Waals surface area contributed by atoms with Crippen LogP contribution in [0.2, 0.25) is 0 Å². The van der Waals surface area contributed by atoms with E-state index in [2.05, 4.69) is 9.47 Å². The van der Waals surface area contributed by atoms with Gasteiger partial charge in [-0.25, -0.2) is 4.79 Å². The van der Waals surface area contributed by atoms with E-state index in [1.54, 1.807) is 0 Å². The maximum atomic E-state index is 10.6. The largest absolute Gasteiger partial charge is 0.469 e. The number of methoxy groups -OCH3 is 2. The molecule has 12 heavy (non-hydrogen) atoms. The Morgan fingerprint density at radius 3 is 2.33 bits per heavy atom. The van der Waals surface area contributed by atoms with Gasteiger partial charge in [-0.05, 0) is 0 Å². The standard InChI is InChI=1S/C7H11NO4/c1-11-6(9)3-5(8)4-7(10)12-2/h3H,4,8H2,1-2H3/b5-3+. The van der Waals surface area contributed by atoms with Gasteiger partial charge in [-0.1, -0.05) is 0 Å². The van der Waals surface area contributed by atoms with E-state index in [0.29, 0.717) is 0 Å². The fraction of sp³-hybridized carbons (Fsp3) is 0.429. The molecule has 0 aromatic rings. The molecule has 0 aromatic carbocycles. The van der Waals surface area contributed by atoms with Crippen molar-refractivity contribution in [2.45, 2.75) is 6.42 Å². The van der Waals surface area contributed by atoms with Gasteiger partial charge in [-0.15, -0.1) is 0 Å². The lowest BCUT2D eigenvalue weighted by molar-refractivity contribution is -0.139. The van der Waals surface area contributed by atoms with Crippen LogP contribution in [0.25, 0.3) is 0 Å². The Labute approximate surface area is 70.1 Å². The van der Waals surface area contributed by atoms with Crippen LogP contribution in [0.1, 0.15) is 6.42 Å². The van der Waals surface area contributed by atoms with E-state index in [1.165, 1.54) is 14.2 Å². The van der Waals surface area contributed by atoms with Crippen LogP contribution in [-0.4, -0.2) is 26.2 Å². The van der Waals surface area contributed by atoms with Gasteiger partial charge in [0.25, 0.3) is 0 Å². The van der Waals surface area contributed by atoms with Crippen molar-refractivity contribution in [3.05, 3.63) is 11.8 Å². The molecule has 0 aliphatic heterocycles. The molecule has 0 rings (SSSR count). The predicted molar refractivity (Wildman–Crippen MR) is 40.9 cm³/mol. The van der Waals surface area contributed by atoms with Crippen molar-refractivity contribution in [1.82, 2.24) is 0 Å². The number of rotatable bonds is 3. The quantitative estimate of drug-likeness (QED) is 0.462. The molecule has 0 aliphatic carbocycles. The Kier molecular flexibility index (Phi) is 4.52. The monoisotopic (exact) mass is 173 g/mol. The van der Waals surface area contributed by atoms with E-state index in [4.69, 9.17) is 5.73 Å². The third-order valence-electron chi connectivity index (χ3n) is 1.08. The lowest BCUT2D eigenvalue weighted by atomic mass is 10.3. The molecule has 0 aromatic heterocycles. The lowest BCUT2D eigenvalue weighted by Gasteiger charge is -1.98. The Hall–Kier alpha value is -1.52. The van der Waals surface area contributed by atoms with Crippen molar-refractivity contribution in [2.24, 2.45) is 5.73 Å². The molecule has 0 spiro atoms. The Morgan fingerprint density at radius 1 is 1.33 bits per heavy atom. The third-order valence-corrected chi connectivity index (χ3v) is 1.08. The molecule has 0 saturated carbocycles. The third kappa shape index (κ3) is 4.32.